The summed E-state index contributed by atoms with van der Waals surface area (Å²) in [6.07, 6.45) is 2.34. The van der Waals surface area contributed by atoms with Crippen LogP contribution in [0.5, 0.6) is 0 Å². The fourth-order valence-corrected chi connectivity index (χ4v) is 3.27. The Balaban J connectivity index is 1.45. The quantitative estimate of drug-likeness (QED) is 0.822. The van der Waals surface area contributed by atoms with Gasteiger partial charge in [0.05, 0.1) is 11.1 Å². The lowest BCUT2D eigenvalue weighted by atomic mass is 9.97. The van der Waals surface area contributed by atoms with E-state index in [1.807, 2.05) is 0 Å². The molecule has 1 fully saturated rings. The zero-order chi connectivity index (χ0) is 17.1. The average molecular weight is 329 g/mol. The van der Waals surface area contributed by atoms with Crippen molar-refractivity contribution >= 4 is 17.7 Å². The molecular weight excluding hydrogens is 306 g/mol. The standard InChI is InChI=1S/C18H23N3O3/c1-20-9-6-13(7-10-20)12-19-16(22)8-11-21-17(23)14-4-2-3-5-15(14)18(21)24/h2-5,13H,6-12H2,1H3,(H,19,22). The normalized spacial score (nSPS) is 18.8. The highest BCUT2D eigenvalue weighted by Gasteiger charge is 2.34. The first-order chi connectivity index (χ1) is 11.6. The Labute approximate surface area is 141 Å². The van der Waals surface area contributed by atoms with Crippen molar-refractivity contribution in [3.8, 4) is 0 Å². The predicted octanol–water partition coefficient (Wildman–Crippen LogP) is 1.13. The van der Waals surface area contributed by atoms with Gasteiger partial charge in [0, 0.05) is 19.5 Å². The second-order valence-corrected chi connectivity index (χ2v) is 6.61. The maximum Gasteiger partial charge on any atom is 0.261 e. The summed E-state index contributed by atoms with van der Waals surface area (Å²) in [5.74, 6) is -0.202. The Kier molecular flexibility index (Phi) is 4.94. The summed E-state index contributed by atoms with van der Waals surface area (Å²) >= 11 is 0. The van der Waals surface area contributed by atoms with Gasteiger partial charge in [-0.3, -0.25) is 19.3 Å². The van der Waals surface area contributed by atoms with Crippen LogP contribution in [-0.2, 0) is 4.79 Å². The van der Waals surface area contributed by atoms with E-state index in [4.69, 9.17) is 0 Å². The van der Waals surface area contributed by atoms with Crippen molar-refractivity contribution in [1.29, 1.82) is 0 Å². The number of benzene rings is 1. The van der Waals surface area contributed by atoms with Gasteiger partial charge in [0.25, 0.3) is 11.8 Å². The van der Waals surface area contributed by atoms with Crippen molar-refractivity contribution in [1.82, 2.24) is 15.1 Å². The van der Waals surface area contributed by atoms with Crippen LogP contribution in [0.2, 0.25) is 0 Å². The molecule has 0 atom stereocenters. The number of rotatable bonds is 5. The highest BCUT2D eigenvalue weighted by atomic mass is 16.2. The van der Waals surface area contributed by atoms with Gasteiger partial charge in [-0.25, -0.2) is 0 Å². The number of amides is 3. The van der Waals surface area contributed by atoms with Gasteiger partial charge in [-0.2, -0.15) is 0 Å². The minimum atomic E-state index is -0.307. The van der Waals surface area contributed by atoms with Crippen LogP contribution in [-0.4, -0.2) is 60.7 Å². The highest BCUT2D eigenvalue weighted by molar-refractivity contribution is 6.21. The third kappa shape index (κ3) is 3.48. The first-order valence-corrected chi connectivity index (χ1v) is 8.46. The summed E-state index contributed by atoms with van der Waals surface area (Å²) in [4.78, 5) is 39.9. The van der Waals surface area contributed by atoms with Crippen molar-refractivity contribution in [2.24, 2.45) is 5.92 Å². The van der Waals surface area contributed by atoms with Crippen LogP contribution < -0.4 is 5.32 Å². The maximum atomic E-state index is 12.2. The first-order valence-electron chi connectivity index (χ1n) is 8.46. The van der Waals surface area contributed by atoms with Gasteiger partial charge in [0.2, 0.25) is 5.91 Å². The van der Waals surface area contributed by atoms with Gasteiger partial charge in [-0.15, -0.1) is 0 Å². The van der Waals surface area contributed by atoms with Gasteiger partial charge in [-0.05, 0) is 51.0 Å². The van der Waals surface area contributed by atoms with Gasteiger partial charge >= 0.3 is 0 Å². The minimum absolute atomic E-state index is 0.106. The summed E-state index contributed by atoms with van der Waals surface area (Å²) in [5, 5.41) is 2.94. The van der Waals surface area contributed by atoms with Crippen LogP contribution >= 0.6 is 0 Å². The predicted molar refractivity (Wildman–Crippen MR) is 89.7 cm³/mol. The monoisotopic (exact) mass is 329 g/mol. The number of likely N-dealkylation sites (tertiary alicyclic amines) is 1. The summed E-state index contributed by atoms with van der Waals surface area (Å²) in [7, 11) is 2.11. The maximum absolute atomic E-state index is 12.2. The summed E-state index contributed by atoms with van der Waals surface area (Å²) in [5.41, 5.74) is 0.850. The summed E-state index contributed by atoms with van der Waals surface area (Å²) < 4.78 is 0. The Hall–Kier alpha value is -2.21. The minimum Gasteiger partial charge on any atom is -0.356 e. The number of carbonyl (C=O) groups excluding carboxylic acids is 3. The van der Waals surface area contributed by atoms with Gasteiger partial charge < -0.3 is 10.2 Å². The number of fused-ring (bicyclic) bond motifs is 1. The second-order valence-electron chi connectivity index (χ2n) is 6.61. The van der Waals surface area contributed by atoms with Crippen LogP contribution in [0.1, 0.15) is 40.0 Å². The molecule has 0 bridgehead atoms. The van der Waals surface area contributed by atoms with Gasteiger partial charge in [0.1, 0.15) is 0 Å². The fraction of sp³-hybridized carbons (Fsp3) is 0.500. The zero-order valence-corrected chi connectivity index (χ0v) is 14.0. The average Bonchev–Trinajstić information content (AvgIpc) is 2.84. The molecule has 2 aliphatic rings. The van der Waals surface area contributed by atoms with Crippen molar-refractivity contribution in [2.45, 2.75) is 19.3 Å². The van der Waals surface area contributed by atoms with Crippen molar-refractivity contribution in [2.75, 3.05) is 33.2 Å². The van der Waals surface area contributed by atoms with E-state index >= 15 is 0 Å². The molecule has 1 saturated heterocycles. The molecule has 0 unspecified atom stereocenters. The van der Waals surface area contributed by atoms with E-state index in [1.165, 1.54) is 4.90 Å². The van der Waals surface area contributed by atoms with Gasteiger partial charge in [0.15, 0.2) is 0 Å². The Morgan fingerprint density at radius 3 is 2.29 bits per heavy atom. The van der Waals surface area contributed by atoms with E-state index in [2.05, 4.69) is 17.3 Å². The number of hydrogen-bond acceptors (Lipinski definition) is 4. The number of carbonyl (C=O) groups is 3. The molecule has 0 spiro atoms. The molecule has 1 N–H and O–H groups in total. The second kappa shape index (κ2) is 7.13. The Morgan fingerprint density at radius 2 is 1.71 bits per heavy atom. The lowest BCUT2D eigenvalue weighted by Gasteiger charge is -2.29. The van der Waals surface area contributed by atoms with E-state index in [0.717, 1.165) is 25.9 Å². The van der Waals surface area contributed by atoms with E-state index in [-0.39, 0.29) is 30.7 Å². The first kappa shape index (κ1) is 16.6. The van der Waals surface area contributed by atoms with Gasteiger partial charge in [-0.1, -0.05) is 12.1 Å². The molecule has 1 aromatic rings. The molecule has 2 aliphatic heterocycles. The highest BCUT2D eigenvalue weighted by Crippen LogP contribution is 2.22. The molecule has 24 heavy (non-hydrogen) atoms. The SMILES string of the molecule is CN1CCC(CNC(=O)CCN2C(=O)c3ccccc3C2=O)CC1. The molecule has 0 saturated carbocycles. The molecular formula is C18H23N3O3. The smallest absolute Gasteiger partial charge is 0.261 e. The van der Waals surface area contributed by atoms with Crippen LogP contribution in [0.25, 0.3) is 0 Å². The molecule has 2 heterocycles. The lowest BCUT2D eigenvalue weighted by Crippen LogP contribution is -2.38. The fourth-order valence-electron chi connectivity index (χ4n) is 3.27. The number of nitrogens with zero attached hydrogens (tertiary/aromatic N) is 2. The molecule has 3 amide bonds. The number of imide groups is 1. The van der Waals surface area contributed by atoms with Crippen LogP contribution in [0.15, 0.2) is 24.3 Å². The topological polar surface area (TPSA) is 69.7 Å². The number of piperidine rings is 1. The third-order valence-corrected chi connectivity index (χ3v) is 4.87. The van der Waals surface area contributed by atoms with Crippen molar-refractivity contribution < 1.29 is 14.4 Å². The molecule has 3 rings (SSSR count). The molecule has 128 valence electrons. The lowest BCUT2D eigenvalue weighted by molar-refractivity contribution is -0.121. The molecule has 6 heteroatoms. The summed E-state index contributed by atoms with van der Waals surface area (Å²) in [6.45, 7) is 2.94. The van der Waals surface area contributed by atoms with Crippen molar-refractivity contribution in [3.05, 3.63) is 35.4 Å². The Morgan fingerprint density at radius 1 is 1.12 bits per heavy atom. The zero-order valence-electron chi connectivity index (χ0n) is 14.0. The molecule has 6 nitrogen and oxygen atoms in total. The number of hydrogen-bond donors (Lipinski definition) is 1. The van der Waals surface area contributed by atoms with E-state index in [0.29, 0.717) is 23.6 Å². The largest absolute Gasteiger partial charge is 0.356 e. The third-order valence-electron chi connectivity index (χ3n) is 4.87. The summed E-state index contributed by atoms with van der Waals surface area (Å²) in [6, 6.07) is 6.77. The van der Waals surface area contributed by atoms with E-state index in [9.17, 15) is 14.4 Å². The van der Waals surface area contributed by atoms with Crippen molar-refractivity contribution in [3.63, 3.8) is 0 Å². The molecule has 0 aliphatic carbocycles. The molecule has 1 aromatic carbocycles. The van der Waals surface area contributed by atoms with Crippen LogP contribution in [0, 0.1) is 5.92 Å². The van der Waals surface area contributed by atoms with Crippen LogP contribution in [0.4, 0.5) is 0 Å². The Bertz CT molecular complexity index is 616. The van der Waals surface area contributed by atoms with E-state index < -0.39 is 0 Å². The molecule has 0 aromatic heterocycles. The molecule has 0 radical (unpaired) electrons. The number of nitrogens with one attached hydrogen (secondary N) is 1. The van der Waals surface area contributed by atoms with Crippen LogP contribution in [0.3, 0.4) is 0 Å². The van der Waals surface area contributed by atoms with E-state index in [1.54, 1.807) is 24.3 Å².